The number of hydrogen-bond acceptors (Lipinski definition) is 3. The molecule has 2 rings (SSSR count). The number of hydrogen-bond donors (Lipinski definition) is 1. The van der Waals surface area contributed by atoms with Crippen molar-refractivity contribution in [3.05, 3.63) is 35.4 Å². The summed E-state index contributed by atoms with van der Waals surface area (Å²) in [5, 5.41) is 0. The molecule has 120 valence electrons. The van der Waals surface area contributed by atoms with E-state index in [-0.39, 0.29) is 18.4 Å². The Kier molecular flexibility index (Phi) is 7.52. The van der Waals surface area contributed by atoms with E-state index in [9.17, 15) is 8.78 Å². The molecule has 21 heavy (non-hydrogen) atoms. The van der Waals surface area contributed by atoms with Gasteiger partial charge in [-0.3, -0.25) is 9.80 Å². The molecule has 3 nitrogen and oxygen atoms in total. The lowest BCUT2D eigenvalue weighted by Crippen LogP contribution is -2.48. The zero-order valence-corrected chi connectivity index (χ0v) is 13.2. The SMILES string of the molecule is CCC(c1ccc(F)cc1F)N1CCN(CCN)CC1.Cl. The standard InChI is InChI=1S/C15H23F2N3.ClH/c1-2-15(13-4-3-12(16)11-14(13)17)20-9-7-19(6-5-18)8-10-20;/h3-4,11,15H,2,5-10,18H2,1H3;1H. The average Bonchev–Trinajstić information content (AvgIpc) is 2.44. The molecule has 1 saturated heterocycles. The van der Waals surface area contributed by atoms with Gasteiger partial charge in [0.15, 0.2) is 0 Å². The Bertz CT molecular complexity index is 437. The van der Waals surface area contributed by atoms with Crippen LogP contribution >= 0.6 is 12.4 Å². The zero-order valence-electron chi connectivity index (χ0n) is 12.4. The summed E-state index contributed by atoms with van der Waals surface area (Å²) in [4.78, 5) is 4.60. The molecular weight excluding hydrogens is 296 g/mol. The predicted molar refractivity (Wildman–Crippen MR) is 83.7 cm³/mol. The number of nitrogens with two attached hydrogens (primary N) is 1. The summed E-state index contributed by atoms with van der Waals surface area (Å²) in [5.41, 5.74) is 6.16. The molecule has 6 heteroatoms. The molecule has 0 aliphatic carbocycles. The number of nitrogens with zero attached hydrogens (tertiary/aromatic N) is 2. The topological polar surface area (TPSA) is 32.5 Å². The van der Waals surface area contributed by atoms with E-state index in [1.54, 1.807) is 6.07 Å². The molecule has 1 aliphatic rings. The second-order valence-electron chi connectivity index (χ2n) is 5.26. The Hall–Kier alpha value is -0.750. The molecule has 0 radical (unpaired) electrons. The molecule has 1 aromatic rings. The highest BCUT2D eigenvalue weighted by Gasteiger charge is 2.25. The van der Waals surface area contributed by atoms with Gasteiger partial charge in [0.25, 0.3) is 0 Å². The lowest BCUT2D eigenvalue weighted by atomic mass is 10.0. The van der Waals surface area contributed by atoms with Crippen LogP contribution in [0, 0.1) is 11.6 Å². The summed E-state index contributed by atoms with van der Waals surface area (Å²) >= 11 is 0. The van der Waals surface area contributed by atoms with Crippen molar-refractivity contribution in [2.24, 2.45) is 5.73 Å². The fourth-order valence-electron chi connectivity index (χ4n) is 2.93. The summed E-state index contributed by atoms with van der Waals surface area (Å²) < 4.78 is 27.0. The molecule has 1 aliphatic heterocycles. The molecule has 1 unspecified atom stereocenters. The Morgan fingerprint density at radius 2 is 1.86 bits per heavy atom. The fourth-order valence-corrected chi connectivity index (χ4v) is 2.93. The van der Waals surface area contributed by atoms with E-state index < -0.39 is 11.6 Å². The van der Waals surface area contributed by atoms with Crippen LogP contribution < -0.4 is 5.73 Å². The summed E-state index contributed by atoms with van der Waals surface area (Å²) in [6.45, 7) is 7.33. The van der Waals surface area contributed by atoms with Crippen molar-refractivity contribution in [1.29, 1.82) is 0 Å². The Morgan fingerprint density at radius 3 is 2.38 bits per heavy atom. The summed E-state index contributed by atoms with van der Waals surface area (Å²) in [6, 6.07) is 3.91. The smallest absolute Gasteiger partial charge is 0.130 e. The maximum atomic E-state index is 13.9. The predicted octanol–water partition coefficient (Wildman–Crippen LogP) is 2.41. The first kappa shape index (κ1) is 18.3. The highest BCUT2D eigenvalue weighted by molar-refractivity contribution is 5.85. The normalized spacial score (nSPS) is 18.3. The van der Waals surface area contributed by atoms with Crippen LogP contribution in [0.4, 0.5) is 8.78 Å². The van der Waals surface area contributed by atoms with Gasteiger partial charge in [-0.15, -0.1) is 12.4 Å². The number of piperazine rings is 1. The van der Waals surface area contributed by atoms with E-state index >= 15 is 0 Å². The molecule has 0 spiro atoms. The molecule has 1 heterocycles. The summed E-state index contributed by atoms with van der Waals surface area (Å²) in [7, 11) is 0. The van der Waals surface area contributed by atoms with E-state index in [1.807, 2.05) is 6.92 Å². The van der Waals surface area contributed by atoms with E-state index in [4.69, 9.17) is 5.73 Å². The zero-order chi connectivity index (χ0) is 14.5. The largest absolute Gasteiger partial charge is 0.329 e. The van der Waals surface area contributed by atoms with Gasteiger partial charge < -0.3 is 5.73 Å². The van der Waals surface area contributed by atoms with Crippen molar-refractivity contribution in [2.75, 3.05) is 39.3 Å². The van der Waals surface area contributed by atoms with Crippen LogP contribution in [0.2, 0.25) is 0 Å². The molecule has 1 fully saturated rings. The van der Waals surface area contributed by atoms with Crippen LogP contribution in [0.15, 0.2) is 18.2 Å². The second-order valence-corrected chi connectivity index (χ2v) is 5.26. The fraction of sp³-hybridized carbons (Fsp3) is 0.600. The maximum absolute atomic E-state index is 13.9. The van der Waals surface area contributed by atoms with Crippen LogP contribution in [-0.2, 0) is 0 Å². The van der Waals surface area contributed by atoms with Crippen LogP contribution in [-0.4, -0.2) is 49.1 Å². The summed E-state index contributed by atoms with van der Waals surface area (Å²) in [5.74, 6) is -0.963. The van der Waals surface area contributed by atoms with Gasteiger partial charge in [0.1, 0.15) is 11.6 Å². The lowest BCUT2D eigenvalue weighted by molar-refractivity contribution is 0.0941. The molecule has 2 N–H and O–H groups in total. The van der Waals surface area contributed by atoms with Crippen LogP contribution in [0.5, 0.6) is 0 Å². The van der Waals surface area contributed by atoms with Gasteiger partial charge in [0, 0.05) is 56.9 Å². The van der Waals surface area contributed by atoms with Gasteiger partial charge in [-0.2, -0.15) is 0 Å². The van der Waals surface area contributed by atoms with Gasteiger partial charge >= 0.3 is 0 Å². The van der Waals surface area contributed by atoms with Crippen molar-refractivity contribution in [3.8, 4) is 0 Å². The molecule has 0 saturated carbocycles. The first-order valence-corrected chi connectivity index (χ1v) is 7.27. The third-order valence-electron chi connectivity index (χ3n) is 4.00. The third kappa shape index (κ3) is 4.61. The Labute approximate surface area is 131 Å². The van der Waals surface area contributed by atoms with Crippen molar-refractivity contribution >= 4 is 12.4 Å². The lowest BCUT2D eigenvalue weighted by Gasteiger charge is -2.39. The molecule has 1 aromatic carbocycles. The molecule has 0 bridgehead atoms. The maximum Gasteiger partial charge on any atom is 0.130 e. The van der Waals surface area contributed by atoms with Crippen molar-refractivity contribution in [3.63, 3.8) is 0 Å². The van der Waals surface area contributed by atoms with Crippen LogP contribution in [0.1, 0.15) is 24.9 Å². The minimum absolute atomic E-state index is 0. The third-order valence-corrected chi connectivity index (χ3v) is 4.00. The van der Waals surface area contributed by atoms with Gasteiger partial charge in [-0.05, 0) is 12.5 Å². The number of benzene rings is 1. The Morgan fingerprint density at radius 1 is 1.19 bits per heavy atom. The minimum atomic E-state index is -0.520. The van der Waals surface area contributed by atoms with E-state index in [1.165, 1.54) is 6.07 Å². The van der Waals surface area contributed by atoms with Crippen molar-refractivity contribution in [1.82, 2.24) is 9.80 Å². The van der Waals surface area contributed by atoms with Gasteiger partial charge in [0.05, 0.1) is 0 Å². The number of halogens is 3. The highest BCUT2D eigenvalue weighted by Crippen LogP contribution is 2.27. The van der Waals surface area contributed by atoms with Crippen LogP contribution in [0.25, 0.3) is 0 Å². The van der Waals surface area contributed by atoms with Gasteiger partial charge in [-0.1, -0.05) is 13.0 Å². The average molecular weight is 320 g/mol. The van der Waals surface area contributed by atoms with Gasteiger partial charge in [-0.25, -0.2) is 8.78 Å². The van der Waals surface area contributed by atoms with Crippen molar-refractivity contribution in [2.45, 2.75) is 19.4 Å². The summed E-state index contributed by atoms with van der Waals surface area (Å²) in [6.07, 6.45) is 0.819. The molecule has 0 amide bonds. The Balaban J connectivity index is 0.00000220. The van der Waals surface area contributed by atoms with Crippen molar-refractivity contribution < 1.29 is 8.78 Å². The minimum Gasteiger partial charge on any atom is -0.329 e. The molecular formula is C15H24ClF2N3. The monoisotopic (exact) mass is 319 g/mol. The van der Waals surface area contributed by atoms with E-state index in [2.05, 4.69) is 9.80 Å². The van der Waals surface area contributed by atoms with E-state index in [0.717, 1.165) is 45.2 Å². The van der Waals surface area contributed by atoms with Crippen LogP contribution in [0.3, 0.4) is 0 Å². The van der Waals surface area contributed by atoms with Gasteiger partial charge in [0.2, 0.25) is 0 Å². The number of rotatable bonds is 5. The first-order valence-electron chi connectivity index (χ1n) is 7.27. The molecule has 1 atom stereocenters. The second kappa shape index (κ2) is 8.63. The highest BCUT2D eigenvalue weighted by atomic mass is 35.5. The first-order chi connectivity index (χ1) is 9.65. The van der Waals surface area contributed by atoms with E-state index in [0.29, 0.717) is 12.1 Å². The quantitative estimate of drug-likeness (QED) is 0.904. The molecule has 0 aromatic heterocycles.